The van der Waals surface area contributed by atoms with Gasteiger partial charge in [0.25, 0.3) is 0 Å². The largest absolute Gasteiger partial charge is 0.491 e. The van der Waals surface area contributed by atoms with Gasteiger partial charge in [-0.1, -0.05) is 32.6 Å². The highest BCUT2D eigenvalue weighted by molar-refractivity contribution is 5.35. The van der Waals surface area contributed by atoms with Crippen LogP contribution in [0.15, 0.2) is 12.1 Å². The molecule has 0 aromatic heterocycles. The van der Waals surface area contributed by atoms with Crippen LogP contribution in [0.4, 0.5) is 8.78 Å². The minimum Gasteiger partial charge on any atom is -0.491 e. The average Bonchev–Trinajstić information content (AvgIpc) is 2.88. The predicted molar refractivity (Wildman–Crippen MR) is 131 cm³/mol. The lowest BCUT2D eigenvalue weighted by Gasteiger charge is -2.41. The van der Waals surface area contributed by atoms with Crippen LogP contribution in [0.1, 0.15) is 90.9 Å². The Morgan fingerprint density at radius 2 is 1.32 bits per heavy atom. The maximum atomic E-state index is 14.3. The number of hydrogen-bond acceptors (Lipinski definition) is 3. The molecule has 3 fully saturated rings. The van der Waals surface area contributed by atoms with Crippen LogP contribution in [0.3, 0.4) is 0 Å². The standard InChI is InChI=1S/C29H44F2O3/c1-3-5-20-6-12-23(13-7-20)25-15-14-24(19-34-25)22-10-8-21(9-11-22)18-33-27-17-16-26(32-4-2)28(30)29(27)31/h16-17,20-25H,3-15,18-19H2,1-2H3. The molecule has 3 aliphatic rings. The van der Waals surface area contributed by atoms with Crippen LogP contribution in [0, 0.1) is 41.2 Å². The van der Waals surface area contributed by atoms with Crippen molar-refractivity contribution in [3.63, 3.8) is 0 Å². The third kappa shape index (κ3) is 6.44. The maximum Gasteiger partial charge on any atom is 0.204 e. The molecule has 1 aliphatic heterocycles. The molecule has 192 valence electrons. The van der Waals surface area contributed by atoms with Crippen molar-refractivity contribution < 1.29 is 23.0 Å². The average molecular weight is 479 g/mol. The summed E-state index contributed by atoms with van der Waals surface area (Å²) in [5.41, 5.74) is 0. The highest BCUT2D eigenvalue weighted by atomic mass is 19.2. The van der Waals surface area contributed by atoms with Gasteiger partial charge >= 0.3 is 0 Å². The first kappa shape index (κ1) is 25.7. The van der Waals surface area contributed by atoms with Gasteiger partial charge in [0.05, 0.1) is 25.9 Å². The summed E-state index contributed by atoms with van der Waals surface area (Å²) < 4.78 is 45.6. The highest BCUT2D eigenvalue weighted by Gasteiger charge is 2.35. The summed E-state index contributed by atoms with van der Waals surface area (Å²) >= 11 is 0. The summed E-state index contributed by atoms with van der Waals surface area (Å²) in [6, 6.07) is 2.92. The summed E-state index contributed by atoms with van der Waals surface area (Å²) in [4.78, 5) is 0. The summed E-state index contributed by atoms with van der Waals surface area (Å²) in [6.07, 6.45) is 15.9. The number of benzene rings is 1. The number of halogens is 2. The summed E-state index contributed by atoms with van der Waals surface area (Å²) in [5.74, 6) is 1.58. The Labute approximate surface area is 204 Å². The molecule has 1 aromatic carbocycles. The molecule has 2 aliphatic carbocycles. The van der Waals surface area contributed by atoms with E-state index in [4.69, 9.17) is 14.2 Å². The fourth-order valence-corrected chi connectivity index (χ4v) is 6.72. The first-order valence-electron chi connectivity index (χ1n) is 13.9. The van der Waals surface area contributed by atoms with Crippen LogP contribution >= 0.6 is 0 Å². The first-order valence-corrected chi connectivity index (χ1v) is 13.9. The van der Waals surface area contributed by atoms with Gasteiger partial charge in [-0.3, -0.25) is 0 Å². The molecule has 0 N–H and O–H groups in total. The van der Waals surface area contributed by atoms with Crippen molar-refractivity contribution in [1.82, 2.24) is 0 Å². The lowest BCUT2D eigenvalue weighted by atomic mass is 9.72. The van der Waals surface area contributed by atoms with Gasteiger partial charge in [-0.05, 0) is 100 Å². The molecule has 3 nitrogen and oxygen atoms in total. The Kier molecular flexibility index (Phi) is 9.50. The van der Waals surface area contributed by atoms with Crippen molar-refractivity contribution in [3.8, 4) is 11.5 Å². The molecule has 4 rings (SSSR count). The van der Waals surface area contributed by atoms with Crippen molar-refractivity contribution in [2.75, 3.05) is 19.8 Å². The van der Waals surface area contributed by atoms with E-state index in [1.54, 1.807) is 6.92 Å². The molecule has 1 heterocycles. The maximum absolute atomic E-state index is 14.3. The van der Waals surface area contributed by atoms with E-state index in [1.807, 2.05) is 0 Å². The Morgan fingerprint density at radius 3 is 1.91 bits per heavy atom. The van der Waals surface area contributed by atoms with Gasteiger partial charge in [0.15, 0.2) is 11.5 Å². The van der Waals surface area contributed by atoms with E-state index in [1.165, 1.54) is 76.3 Å². The minimum absolute atomic E-state index is 0.0153. The Hall–Kier alpha value is -1.36. The number of rotatable bonds is 9. The number of ether oxygens (including phenoxy) is 3. The molecule has 0 radical (unpaired) electrons. The van der Waals surface area contributed by atoms with Crippen LogP contribution in [0.2, 0.25) is 0 Å². The van der Waals surface area contributed by atoms with Gasteiger partial charge in [-0.15, -0.1) is 0 Å². The molecule has 2 saturated carbocycles. The SMILES string of the molecule is CCCC1CCC(C2CCC(C3CCC(COc4ccc(OCC)c(F)c4F)CC3)CO2)CC1. The lowest BCUT2D eigenvalue weighted by molar-refractivity contribution is -0.0744. The molecule has 34 heavy (non-hydrogen) atoms. The second-order valence-corrected chi connectivity index (χ2v) is 11.0. The molecule has 2 unspecified atom stereocenters. The second-order valence-electron chi connectivity index (χ2n) is 11.0. The fourth-order valence-electron chi connectivity index (χ4n) is 6.72. The van der Waals surface area contributed by atoms with Crippen LogP contribution in [-0.2, 0) is 4.74 Å². The van der Waals surface area contributed by atoms with Gasteiger partial charge in [0.2, 0.25) is 11.6 Å². The van der Waals surface area contributed by atoms with Gasteiger partial charge < -0.3 is 14.2 Å². The molecule has 2 atom stereocenters. The van der Waals surface area contributed by atoms with E-state index in [2.05, 4.69) is 6.92 Å². The normalized spacial score (nSPS) is 32.4. The lowest BCUT2D eigenvalue weighted by Crippen LogP contribution is -2.37. The van der Waals surface area contributed by atoms with Gasteiger partial charge in [0.1, 0.15) is 0 Å². The molecule has 0 spiro atoms. The van der Waals surface area contributed by atoms with E-state index in [0.29, 0.717) is 31.2 Å². The third-order valence-corrected chi connectivity index (χ3v) is 8.80. The monoisotopic (exact) mass is 478 g/mol. The second kappa shape index (κ2) is 12.6. The van der Waals surface area contributed by atoms with Crippen LogP contribution in [-0.4, -0.2) is 25.9 Å². The molecule has 0 amide bonds. The highest BCUT2D eigenvalue weighted by Crippen LogP contribution is 2.42. The van der Waals surface area contributed by atoms with Crippen molar-refractivity contribution in [2.24, 2.45) is 29.6 Å². The molecule has 1 aromatic rings. The first-order chi connectivity index (χ1) is 16.6. The molecular formula is C29H44F2O3. The third-order valence-electron chi connectivity index (χ3n) is 8.80. The zero-order valence-electron chi connectivity index (χ0n) is 21.2. The van der Waals surface area contributed by atoms with Crippen molar-refractivity contribution in [2.45, 2.75) is 97.0 Å². The fraction of sp³-hybridized carbons (Fsp3) is 0.793. The minimum atomic E-state index is -0.965. The smallest absolute Gasteiger partial charge is 0.204 e. The quantitative estimate of drug-likeness (QED) is 0.360. The molecule has 0 bridgehead atoms. The van der Waals surface area contributed by atoms with Crippen LogP contribution < -0.4 is 9.47 Å². The summed E-state index contributed by atoms with van der Waals surface area (Å²) in [6.45, 7) is 5.73. The Bertz CT molecular complexity index is 746. The van der Waals surface area contributed by atoms with E-state index in [0.717, 1.165) is 37.2 Å². The zero-order chi connectivity index (χ0) is 23.9. The van der Waals surface area contributed by atoms with Crippen LogP contribution in [0.25, 0.3) is 0 Å². The van der Waals surface area contributed by atoms with Crippen molar-refractivity contribution >= 4 is 0 Å². The Morgan fingerprint density at radius 1 is 0.735 bits per heavy atom. The zero-order valence-corrected chi connectivity index (χ0v) is 21.2. The summed E-state index contributed by atoms with van der Waals surface area (Å²) in [7, 11) is 0. The van der Waals surface area contributed by atoms with Gasteiger partial charge in [-0.25, -0.2) is 0 Å². The van der Waals surface area contributed by atoms with E-state index in [9.17, 15) is 8.78 Å². The topological polar surface area (TPSA) is 27.7 Å². The van der Waals surface area contributed by atoms with Crippen molar-refractivity contribution in [1.29, 1.82) is 0 Å². The van der Waals surface area contributed by atoms with Gasteiger partial charge in [0, 0.05) is 0 Å². The van der Waals surface area contributed by atoms with E-state index >= 15 is 0 Å². The Balaban J connectivity index is 1.16. The summed E-state index contributed by atoms with van der Waals surface area (Å²) in [5, 5.41) is 0. The predicted octanol–water partition coefficient (Wildman–Crippen LogP) is 7.95. The molecule has 5 heteroatoms. The van der Waals surface area contributed by atoms with Crippen LogP contribution in [0.5, 0.6) is 11.5 Å². The molecular weight excluding hydrogens is 434 g/mol. The van der Waals surface area contributed by atoms with Crippen molar-refractivity contribution in [3.05, 3.63) is 23.8 Å². The van der Waals surface area contributed by atoms with Gasteiger partial charge in [-0.2, -0.15) is 8.78 Å². The number of hydrogen-bond donors (Lipinski definition) is 0. The van der Waals surface area contributed by atoms with E-state index in [-0.39, 0.29) is 11.5 Å². The molecule has 1 saturated heterocycles. The van der Waals surface area contributed by atoms with E-state index < -0.39 is 11.6 Å².